The largest absolute Gasteiger partial charge is 0.384 e. The lowest BCUT2D eigenvalue weighted by atomic mass is 9.79. The fraction of sp³-hybridized carbons (Fsp3) is 0.562. The second-order valence-corrected chi connectivity index (χ2v) is 6.68. The molecule has 0 aromatic heterocycles. The van der Waals surface area contributed by atoms with Gasteiger partial charge in [0.2, 0.25) is 0 Å². The number of piperidine rings is 1. The van der Waals surface area contributed by atoms with Gasteiger partial charge in [-0.2, -0.15) is 0 Å². The van der Waals surface area contributed by atoms with Gasteiger partial charge in [-0.15, -0.1) is 12.4 Å². The molecule has 1 saturated heterocycles. The third-order valence-electron chi connectivity index (χ3n) is 4.17. The van der Waals surface area contributed by atoms with Crippen molar-refractivity contribution in [2.45, 2.75) is 19.8 Å². The lowest BCUT2D eigenvalue weighted by Crippen LogP contribution is -2.47. The van der Waals surface area contributed by atoms with Crippen molar-refractivity contribution in [3.63, 3.8) is 0 Å². The lowest BCUT2D eigenvalue weighted by molar-refractivity contribution is 0.0511. The molecule has 0 unspecified atom stereocenters. The van der Waals surface area contributed by atoms with E-state index in [0.29, 0.717) is 18.7 Å². The fourth-order valence-corrected chi connectivity index (χ4v) is 3.12. The summed E-state index contributed by atoms with van der Waals surface area (Å²) in [5.41, 5.74) is 1.87. The smallest absolute Gasteiger partial charge is 0.251 e. The van der Waals surface area contributed by atoms with Gasteiger partial charge in [-0.1, -0.05) is 22.0 Å². The molecule has 0 aliphatic carbocycles. The molecule has 0 saturated carbocycles. The molecule has 1 aliphatic heterocycles. The first-order chi connectivity index (χ1) is 10.1. The fourth-order valence-electron chi connectivity index (χ4n) is 2.74. The second kappa shape index (κ2) is 8.87. The summed E-state index contributed by atoms with van der Waals surface area (Å²) in [4.78, 5) is 12.3. The molecule has 0 radical (unpaired) electrons. The summed E-state index contributed by atoms with van der Waals surface area (Å²) >= 11 is 3.47. The molecule has 6 heteroatoms. The molecule has 1 heterocycles. The molecule has 0 atom stereocenters. The van der Waals surface area contributed by atoms with E-state index in [4.69, 9.17) is 4.74 Å². The molecular weight excluding hydrogens is 368 g/mol. The van der Waals surface area contributed by atoms with Gasteiger partial charge in [0.15, 0.2) is 0 Å². The van der Waals surface area contributed by atoms with Crippen LogP contribution in [0.3, 0.4) is 0 Å². The molecule has 124 valence electrons. The minimum atomic E-state index is -0.0234. The molecule has 1 aromatic carbocycles. The van der Waals surface area contributed by atoms with Gasteiger partial charge in [-0.25, -0.2) is 0 Å². The molecule has 1 aromatic rings. The second-order valence-electron chi connectivity index (χ2n) is 5.83. The Bertz CT molecular complexity index is 499. The number of benzene rings is 1. The van der Waals surface area contributed by atoms with Crippen LogP contribution < -0.4 is 10.6 Å². The van der Waals surface area contributed by atoms with Crippen molar-refractivity contribution < 1.29 is 9.53 Å². The zero-order valence-electron chi connectivity index (χ0n) is 13.1. The summed E-state index contributed by atoms with van der Waals surface area (Å²) < 4.78 is 6.33. The molecule has 22 heavy (non-hydrogen) atoms. The summed E-state index contributed by atoms with van der Waals surface area (Å²) in [6.07, 6.45) is 2.05. The van der Waals surface area contributed by atoms with Crippen LogP contribution in [0.15, 0.2) is 22.7 Å². The van der Waals surface area contributed by atoms with Gasteiger partial charge in [0, 0.05) is 29.1 Å². The number of methoxy groups -OCH3 is 1. The van der Waals surface area contributed by atoms with Gasteiger partial charge in [-0.3, -0.25) is 4.79 Å². The number of carbonyl (C=O) groups is 1. The Hall–Kier alpha value is -0.620. The van der Waals surface area contributed by atoms with E-state index in [-0.39, 0.29) is 23.7 Å². The van der Waals surface area contributed by atoms with Gasteiger partial charge in [0.05, 0.1) is 6.61 Å². The summed E-state index contributed by atoms with van der Waals surface area (Å²) in [6.45, 7) is 5.32. The normalized spacial score (nSPS) is 16.7. The SMILES string of the molecule is COCC1(CNC(=O)c2ccc(C)c(Br)c2)CCNCC1.Cl. The van der Waals surface area contributed by atoms with E-state index in [1.807, 2.05) is 25.1 Å². The van der Waals surface area contributed by atoms with Gasteiger partial charge in [0.25, 0.3) is 5.91 Å². The summed E-state index contributed by atoms with van der Waals surface area (Å²) in [6, 6.07) is 5.69. The highest BCUT2D eigenvalue weighted by Gasteiger charge is 2.32. The monoisotopic (exact) mass is 390 g/mol. The number of rotatable bonds is 5. The molecular formula is C16H24BrClN2O2. The van der Waals surface area contributed by atoms with E-state index >= 15 is 0 Å². The number of carbonyl (C=O) groups excluding carboxylic acids is 1. The van der Waals surface area contributed by atoms with Crippen LogP contribution in [0.5, 0.6) is 0 Å². The maximum atomic E-state index is 12.3. The molecule has 0 bridgehead atoms. The van der Waals surface area contributed by atoms with Gasteiger partial charge in [-0.05, 0) is 50.6 Å². The standard InChI is InChI=1S/C16H23BrN2O2.ClH/c1-12-3-4-13(9-14(12)17)15(20)19-10-16(11-21-2)5-7-18-8-6-16;/h3-4,9,18H,5-8,10-11H2,1-2H3,(H,19,20);1H. The maximum absolute atomic E-state index is 12.3. The quantitative estimate of drug-likeness (QED) is 0.811. The predicted octanol–water partition coefficient (Wildman–Crippen LogP) is 2.93. The van der Waals surface area contributed by atoms with E-state index in [9.17, 15) is 4.79 Å². The Labute approximate surface area is 146 Å². The van der Waals surface area contributed by atoms with Crippen LogP contribution in [0.2, 0.25) is 0 Å². The van der Waals surface area contributed by atoms with Crippen molar-refractivity contribution in [3.8, 4) is 0 Å². The van der Waals surface area contributed by atoms with Crippen LogP contribution in [-0.2, 0) is 4.74 Å². The first-order valence-corrected chi connectivity index (χ1v) is 8.10. The van der Waals surface area contributed by atoms with Gasteiger partial charge in [0.1, 0.15) is 0 Å². The predicted molar refractivity (Wildman–Crippen MR) is 94.9 cm³/mol. The number of hydrogen-bond acceptors (Lipinski definition) is 3. The van der Waals surface area contributed by atoms with E-state index < -0.39 is 0 Å². The molecule has 1 fully saturated rings. The minimum Gasteiger partial charge on any atom is -0.384 e. The summed E-state index contributed by atoms with van der Waals surface area (Å²) in [7, 11) is 1.72. The third kappa shape index (κ3) is 4.95. The summed E-state index contributed by atoms with van der Waals surface area (Å²) in [5.74, 6) is -0.0234. The zero-order valence-corrected chi connectivity index (χ0v) is 15.5. The number of aryl methyl sites for hydroxylation is 1. The molecule has 0 spiro atoms. The van der Waals surface area contributed by atoms with Gasteiger partial charge < -0.3 is 15.4 Å². The van der Waals surface area contributed by atoms with Crippen LogP contribution in [0.25, 0.3) is 0 Å². The zero-order chi connectivity index (χ0) is 15.3. The highest BCUT2D eigenvalue weighted by Crippen LogP contribution is 2.28. The Morgan fingerprint density at radius 3 is 2.68 bits per heavy atom. The Kier molecular flexibility index (Phi) is 7.83. The van der Waals surface area contributed by atoms with E-state index in [1.165, 1.54) is 0 Å². The number of amides is 1. The maximum Gasteiger partial charge on any atom is 0.251 e. The van der Waals surface area contributed by atoms with Crippen molar-refractivity contribution in [1.82, 2.24) is 10.6 Å². The topological polar surface area (TPSA) is 50.4 Å². The summed E-state index contributed by atoms with van der Waals surface area (Å²) in [5, 5.41) is 6.43. The van der Waals surface area contributed by atoms with Gasteiger partial charge >= 0.3 is 0 Å². The Morgan fingerprint density at radius 2 is 2.09 bits per heavy atom. The van der Waals surface area contributed by atoms with Crippen LogP contribution in [-0.4, -0.2) is 39.3 Å². The average Bonchev–Trinajstić information content (AvgIpc) is 2.49. The highest BCUT2D eigenvalue weighted by atomic mass is 79.9. The van der Waals surface area contributed by atoms with Crippen molar-refractivity contribution in [2.75, 3.05) is 33.4 Å². The van der Waals surface area contributed by atoms with Crippen molar-refractivity contribution in [2.24, 2.45) is 5.41 Å². The van der Waals surface area contributed by atoms with E-state index in [1.54, 1.807) is 7.11 Å². The molecule has 2 N–H and O–H groups in total. The first kappa shape index (κ1) is 19.4. The Balaban J connectivity index is 0.00000242. The van der Waals surface area contributed by atoms with Crippen LogP contribution in [0.4, 0.5) is 0 Å². The third-order valence-corrected chi connectivity index (χ3v) is 5.03. The van der Waals surface area contributed by atoms with Crippen LogP contribution in [0.1, 0.15) is 28.8 Å². The van der Waals surface area contributed by atoms with Crippen molar-refractivity contribution >= 4 is 34.2 Å². The van der Waals surface area contributed by atoms with Crippen LogP contribution in [0, 0.1) is 12.3 Å². The lowest BCUT2D eigenvalue weighted by Gasteiger charge is -2.37. The number of nitrogens with one attached hydrogen (secondary N) is 2. The highest BCUT2D eigenvalue weighted by molar-refractivity contribution is 9.10. The average molecular weight is 392 g/mol. The van der Waals surface area contributed by atoms with Crippen LogP contribution >= 0.6 is 28.3 Å². The first-order valence-electron chi connectivity index (χ1n) is 7.30. The molecule has 1 aliphatic rings. The van der Waals surface area contributed by atoms with Crippen molar-refractivity contribution in [3.05, 3.63) is 33.8 Å². The molecule has 1 amide bonds. The molecule has 2 rings (SSSR count). The Morgan fingerprint density at radius 1 is 1.41 bits per heavy atom. The number of ether oxygens (including phenoxy) is 1. The van der Waals surface area contributed by atoms with E-state index in [2.05, 4.69) is 26.6 Å². The minimum absolute atomic E-state index is 0. The molecule has 4 nitrogen and oxygen atoms in total. The van der Waals surface area contributed by atoms with E-state index in [0.717, 1.165) is 36.0 Å². The number of hydrogen-bond donors (Lipinski definition) is 2. The van der Waals surface area contributed by atoms with Crippen molar-refractivity contribution in [1.29, 1.82) is 0 Å². The number of halogens is 2.